The van der Waals surface area contributed by atoms with Gasteiger partial charge in [-0.25, -0.2) is 29.0 Å². The number of nitrogens with one attached hydrogen (secondary N) is 2. The monoisotopic (exact) mass is 793 g/mol. The van der Waals surface area contributed by atoms with Gasteiger partial charge in [0.05, 0.1) is 29.1 Å². The number of aliphatic carboxylic acids is 3. The summed E-state index contributed by atoms with van der Waals surface area (Å²) < 4.78 is 101. The topological polar surface area (TPSA) is 216 Å². The molecule has 5 N–H and O–H groups in total. The van der Waals surface area contributed by atoms with Crippen LogP contribution in [0.3, 0.4) is 0 Å². The van der Waals surface area contributed by atoms with E-state index in [-0.39, 0.29) is 23.9 Å². The number of hydrogen-bond acceptors (Lipinski definition) is 10. The fraction of sp³-hybridized carbons (Fsp3) is 0.600. The van der Waals surface area contributed by atoms with Crippen LogP contribution in [0.5, 0.6) is 0 Å². The first-order valence-electron chi connectivity index (χ1n) is 14.0. The molecule has 2 aliphatic rings. The van der Waals surface area contributed by atoms with Gasteiger partial charge in [0.15, 0.2) is 0 Å². The first kappa shape index (κ1) is 44.7. The van der Waals surface area contributed by atoms with Crippen LogP contribution in [0.4, 0.5) is 45.3 Å². The largest absolute Gasteiger partial charge is 0.490 e. The van der Waals surface area contributed by atoms with E-state index in [4.69, 9.17) is 45.9 Å². The molecule has 0 radical (unpaired) electrons. The number of amides is 1. The van der Waals surface area contributed by atoms with Crippen LogP contribution in [0.1, 0.15) is 45.1 Å². The Morgan fingerprint density at radius 3 is 1.84 bits per heavy atom. The standard InChI is InChI=1S/C19H26ClN7O2S.3C2HF3O2/c1-2-19-25(16(9-21)12-30-19)27-26(29-27)15-6-4-14(5-7-15)22-11-18(28)24-17-8-3-13(20)10-23-17;3*3-2(4,5)1(6)7/h3,8,10,14-16,19,22H,2,4-7,11-12H2,1H3,(H,23,24,28);3*(H,6,7). The highest BCUT2D eigenvalue weighted by Crippen LogP contribution is 2.35. The maximum absolute atomic E-state index is 12.1. The van der Waals surface area contributed by atoms with Crippen LogP contribution in [0.2, 0.25) is 5.02 Å². The third kappa shape index (κ3) is 16.1. The van der Waals surface area contributed by atoms with Crippen molar-refractivity contribution in [2.45, 2.75) is 81.1 Å². The molecule has 0 aromatic carbocycles. The zero-order valence-electron chi connectivity index (χ0n) is 25.8. The van der Waals surface area contributed by atoms with Gasteiger partial charge >= 0.3 is 36.4 Å². The van der Waals surface area contributed by atoms with Crippen molar-refractivity contribution < 1.29 is 78.6 Å². The van der Waals surface area contributed by atoms with E-state index in [0.717, 1.165) is 37.9 Å². The maximum Gasteiger partial charge on any atom is 0.490 e. The predicted octanol–water partition coefficient (Wildman–Crippen LogP) is 4.86. The number of carbonyl (C=O) groups excluding carboxylic acids is 1. The second kappa shape index (κ2) is 19.3. The van der Waals surface area contributed by atoms with E-state index in [2.05, 4.69) is 33.6 Å². The Kier molecular flexibility index (Phi) is 17.0. The number of pyridine rings is 1. The van der Waals surface area contributed by atoms with Crippen molar-refractivity contribution in [1.29, 1.82) is 5.26 Å². The molecule has 26 heteroatoms. The van der Waals surface area contributed by atoms with Gasteiger partial charge in [-0.1, -0.05) is 23.4 Å². The van der Waals surface area contributed by atoms with Crippen molar-refractivity contribution >= 4 is 53.0 Å². The molecule has 1 saturated carbocycles. The average Bonchev–Trinajstić information content (AvgIpc) is 3.70. The number of carboxylic acid groups (broad SMARTS) is 3. The van der Waals surface area contributed by atoms with E-state index in [1.54, 1.807) is 17.1 Å². The lowest BCUT2D eigenvalue weighted by Gasteiger charge is -2.27. The van der Waals surface area contributed by atoms with Crippen LogP contribution < -0.4 is 15.6 Å². The Morgan fingerprint density at radius 1 is 0.961 bits per heavy atom. The Bertz CT molecular complexity index is 1410. The SMILES string of the molecule is CCC1SCC(C#N)N1n1on1C1CCC(NCC(=O)Nc2ccc(Cl)cn2)CC1.O=C(O)C(F)(F)F.O=C(O)C(F)(F)F.O=C(O)C(F)(F)F. The van der Waals surface area contributed by atoms with E-state index >= 15 is 0 Å². The molecule has 1 amide bonds. The van der Waals surface area contributed by atoms with Crippen molar-refractivity contribution in [2.75, 3.05) is 22.6 Å². The summed E-state index contributed by atoms with van der Waals surface area (Å²) in [4.78, 5) is 46.6. The van der Waals surface area contributed by atoms with E-state index in [0.29, 0.717) is 22.9 Å². The van der Waals surface area contributed by atoms with Crippen molar-refractivity contribution in [3.8, 4) is 6.07 Å². The zero-order chi connectivity index (χ0) is 39.3. The third-order valence-corrected chi connectivity index (χ3v) is 8.01. The zero-order valence-corrected chi connectivity index (χ0v) is 27.4. The molecule has 1 aliphatic heterocycles. The van der Waals surface area contributed by atoms with Crippen molar-refractivity contribution in [3.05, 3.63) is 23.4 Å². The second-order valence-corrected chi connectivity index (χ2v) is 11.7. The number of nitriles is 1. The molecule has 15 nitrogen and oxygen atoms in total. The van der Waals surface area contributed by atoms with Crippen molar-refractivity contribution in [1.82, 2.24) is 20.1 Å². The molecule has 0 spiro atoms. The Balaban J connectivity index is 0.000000505. The predicted molar refractivity (Wildman–Crippen MR) is 157 cm³/mol. The van der Waals surface area contributed by atoms with Gasteiger partial charge < -0.3 is 26.0 Å². The van der Waals surface area contributed by atoms with E-state index in [9.17, 15) is 49.6 Å². The molecular formula is C25H29ClF9N7O8S. The molecule has 288 valence electrons. The number of halogens is 10. The highest BCUT2D eigenvalue weighted by Gasteiger charge is 2.41. The lowest BCUT2D eigenvalue weighted by atomic mass is 9.91. The summed E-state index contributed by atoms with van der Waals surface area (Å²) >= 11 is 7.61. The number of rotatable bonds is 7. The number of anilines is 1. The van der Waals surface area contributed by atoms with Gasteiger partial charge in [-0.2, -0.15) is 44.8 Å². The minimum absolute atomic E-state index is 0.118. The lowest BCUT2D eigenvalue weighted by Crippen LogP contribution is -2.43. The molecule has 2 unspecified atom stereocenters. The van der Waals surface area contributed by atoms with Gasteiger partial charge in [0, 0.05) is 23.0 Å². The van der Waals surface area contributed by atoms with Gasteiger partial charge in [0.2, 0.25) is 5.91 Å². The summed E-state index contributed by atoms with van der Waals surface area (Å²) in [6.45, 7) is 2.38. The van der Waals surface area contributed by atoms with Gasteiger partial charge in [-0.05, 0) is 44.2 Å². The van der Waals surface area contributed by atoms with Gasteiger partial charge in [-0.15, -0.1) is 11.8 Å². The number of nitrogens with zero attached hydrogens (tertiary/aromatic N) is 5. The minimum atomic E-state index is -5.08. The fourth-order valence-corrected chi connectivity index (χ4v) is 5.33. The summed E-state index contributed by atoms with van der Waals surface area (Å²) in [7, 11) is 0. The van der Waals surface area contributed by atoms with E-state index in [1.807, 2.05) is 16.6 Å². The molecular weight excluding hydrogens is 765 g/mol. The van der Waals surface area contributed by atoms with E-state index < -0.39 is 36.4 Å². The highest BCUT2D eigenvalue weighted by molar-refractivity contribution is 8.00. The first-order chi connectivity index (χ1) is 23.4. The molecule has 3 heterocycles. The number of carboxylic acids is 3. The third-order valence-electron chi connectivity index (χ3n) is 6.34. The molecule has 1 aliphatic carbocycles. The number of hydrogen-bond donors (Lipinski definition) is 5. The number of thioether (sulfide) groups is 1. The summed E-state index contributed by atoms with van der Waals surface area (Å²) in [5.41, 5.74) is 0. The summed E-state index contributed by atoms with van der Waals surface area (Å²) in [6.07, 6.45) is -8.88. The smallest absolute Gasteiger partial charge is 0.475 e. The summed E-state index contributed by atoms with van der Waals surface area (Å²) in [5, 5.41) is 39.8. The van der Waals surface area contributed by atoms with Crippen molar-refractivity contribution in [3.63, 3.8) is 0 Å². The average molecular weight is 794 g/mol. The first-order valence-corrected chi connectivity index (χ1v) is 15.5. The van der Waals surface area contributed by atoms with Crippen molar-refractivity contribution in [2.24, 2.45) is 0 Å². The van der Waals surface area contributed by atoms with Crippen LogP contribution in [0, 0.1) is 11.3 Å². The summed E-state index contributed by atoms with van der Waals surface area (Å²) in [6, 6.07) is 6.21. The molecule has 51 heavy (non-hydrogen) atoms. The van der Waals surface area contributed by atoms with Crippen LogP contribution >= 0.6 is 23.4 Å². The van der Waals surface area contributed by atoms with Gasteiger partial charge in [0.1, 0.15) is 11.9 Å². The van der Waals surface area contributed by atoms with Crippen LogP contribution in [-0.4, -0.2) is 102 Å². The summed E-state index contributed by atoms with van der Waals surface area (Å²) in [5.74, 6) is -7.08. The molecule has 2 aromatic heterocycles. The van der Waals surface area contributed by atoms with Gasteiger partial charge in [-0.3, -0.25) is 4.79 Å². The fourth-order valence-electron chi connectivity index (χ4n) is 3.97. The molecule has 1 saturated heterocycles. The Hall–Kier alpha value is -4.31. The highest BCUT2D eigenvalue weighted by atomic mass is 35.5. The van der Waals surface area contributed by atoms with E-state index in [1.165, 1.54) is 6.20 Å². The second-order valence-electron chi connectivity index (χ2n) is 10.1. The minimum Gasteiger partial charge on any atom is -0.475 e. The normalized spacial score (nSPS) is 20.3. The molecule has 4 rings (SSSR count). The molecule has 2 fully saturated rings. The number of alkyl halides is 9. The van der Waals surface area contributed by atoms with Gasteiger partial charge in [0.25, 0.3) is 0 Å². The quantitative estimate of drug-likeness (QED) is 0.237. The Morgan fingerprint density at radius 2 is 1.45 bits per heavy atom. The number of aromatic nitrogens is 3. The maximum atomic E-state index is 12.1. The molecule has 2 aromatic rings. The number of carbonyl (C=O) groups is 4. The lowest BCUT2D eigenvalue weighted by molar-refractivity contribution is -0.193. The van der Waals surface area contributed by atoms with Crippen LogP contribution in [0.25, 0.3) is 0 Å². The van der Waals surface area contributed by atoms with Crippen LogP contribution in [0.15, 0.2) is 23.0 Å². The molecule has 2 atom stereocenters. The van der Waals surface area contributed by atoms with Crippen LogP contribution in [-0.2, 0) is 19.2 Å². The Labute approximate surface area is 290 Å². The molecule has 0 bridgehead atoms.